The molecule has 0 aliphatic carbocycles. The maximum Gasteiger partial charge on any atom is 0.408 e. The van der Waals surface area contributed by atoms with E-state index in [1.807, 2.05) is 0 Å². The predicted octanol–water partition coefficient (Wildman–Crippen LogP) is 1.25. The maximum absolute atomic E-state index is 11.6. The zero-order chi connectivity index (χ0) is 16.0. The van der Waals surface area contributed by atoms with E-state index in [0.717, 1.165) is 0 Å². The number of carbonyl (C=O) groups excluding carboxylic acids is 3. The van der Waals surface area contributed by atoms with Crippen LogP contribution in [0.25, 0.3) is 0 Å². The Kier molecular flexibility index (Phi) is 5.29. The molecule has 4 N–H and O–H groups in total. The molecule has 114 valence electrons. The first-order valence-electron chi connectivity index (χ1n) is 6.34. The maximum atomic E-state index is 11.6. The lowest BCUT2D eigenvalue weighted by molar-refractivity contribution is -0.115. The molecular weight excluding hydrogens is 274 g/mol. The molecule has 1 aromatic carbocycles. The van der Waals surface area contributed by atoms with E-state index in [0.29, 0.717) is 11.3 Å². The van der Waals surface area contributed by atoms with Crippen LogP contribution in [0.4, 0.5) is 10.5 Å². The molecule has 1 rings (SSSR count). The highest BCUT2D eigenvalue weighted by molar-refractivity contribution is 5.96. The third kappa shape index (κ3) is 6.42. The number of nitrogens with two attached hydrogens (primary N) is 1. The first-order chi connectivity index (χ1) is 9.67. The molecule has 0 unspecified atom stereocenters. The van der Waals surface area contributed by atoms with Gasteiger partial charge in [-0.05, 0) is 45.0 Å². The molecule has 21 heavy (non-hydrogen) atoms. The lowest BCUT2D eigenvalue weighted by Crippen LogP contribution is -2.37. The van der Waals surface area contributed by atoms with E-state index in [9.17, 15) is 14.4 Å². The number of carbonyl (C=O) groups is 3. The molecular formula is C14H19N3O4. The molecule has 0 fully saturated rings. The van der Waals surface area contributed by atoms with Gasteiger partial charge in [0.25, 0.3) is 0 Å². The van der Waals surface area contributed by atoms with Crippen LogP contribution >= 0.6 is 0 Å². The van der Waals surface area contributed by atoms with Gasteiger partial charge in [0, 0.05) is 11.3 Å². The van der Waals surface area contributed by atoms with Crippen molar-refractivity contribution in [2.24, 2.45) is 5.73 Å². The summed E-state index contributed by atoms with van der Waals surface area (Å²) in [4.78, 5) is 33.9. The predicted molar refractivity (Wildman–Crippen MR) is 77.8 cm³/mol. The quantitative estimate of drug-likeness (QED) is 0.775. The third-order valence-corrected chi connectivity index (χ3v) is 2.25. The van der Waals surface area contributed by atoms with E-state index in [1.54, 1.807) is 32.9 Å². The topological polar surface area (TPSA) is 111 Å². The van der Waals surface area contributed by atoms with Crippen LogP contribution in [0.2, 0.25) is 0 Å². The smallest absolute Gasteiger partial charge is 0.408 e. The number of hydrogen-bond acceptors (Lipinski definition) is 4. The lowest BCUT2D eigenvalue weighted by atomic mass is 10.2. The van der Waals surface area contributed by atoms with E-state index >= 15 is 0 Å². The average molecular weight is 293 g/mol. The normalized spacial score (nSPS) is 10.6. The van der Waals surface area contributed by atoms with Crippen molar-refractivity contribution >= 4 is 23.6 Å². The molecule has 0 saturated carbocycles. The summed E-state index contributed by atoms with van der Waals surface area (Å²) < 4.78 is 5.00. The van der Waals surface area contributed by atoms with Crippen molar-refractivity contribution in [3.8, 4) is 0 Å². The number of primary amides is 1. The summed E-state index contributed by atoms with van der Waals surface area (Å²) in [5, 5.41) is 4.91. The number of rotatable bonds is 4. The van der Waals surface area contributed by atoms with Gasteiger partial charge >= 0.3 is 6.09 Å². The summed E-state index contributed by atoms with van der Waals surface area (Å²) in [5.74, 6) is -0.952. The fourth-order valence-corrected chi connectivity index (χ4v) is 1.39. The number of alkyl carbamates (subject to hydrolysis) is 1. The van der Waals surface area contributed by atoms with E-state index in [2.05, 4.69) is 10.6 Å². The molecule has 1 aromatic rings. The molecule has 0 heterocycles. The number of anilines is 1. The van der Waals surface area contributed by atoms with Gasteiger partial charge in [0.05, 0.1) is 0 Å². The molecule has 7 nitrogen and oxygen atoms in total. The molecule has 0 saturated heterocycles. The van der Waals surface area contributed by atoms with Gasteiger partial charge in [0.2, 0.25) is 11.8 Å². The van der Waals surface area contributed by atoms with Gasteiger partial charge in [-0.3, -0.25) is 9.59 Å². The fraction of sp³-hybridized carbons (Fsp3) is 0.357. The zero-order valence-electron chi connectivity index (χ0n) is 12.2. The minimum absolute atomic E-state index is 0.216. The summed E-state index contributed by atoms with van der Waals surface area (Å²) >= 11 is 0. The standard InChI is InChI=1S/C14H19N3O4/c1-14(2,3)21-13(20)16-8-11(18)17-10-6-4-9(5-7-10)12(15)19/h4-7H,8H2,1-3H3,(H2,15,19)(H,16,20)(H,17,18). The first-order valence-corrected chi connectivity index (χ1v) is 6.34. The van der Waals surface area contributed by atoms with E-state index in [4.69, 9.17) is 10.5 Å². The molecule has 0 atom stereocenters. The van der Waals surface area contributed by atoms with Crippen LogP contribution in [-0.2, 0) is 9.53 Å². The Labute approximate surface area is 122 Å². The Bertz CT molecular complexity index is 532. The Morgan fingerprint density at radius 3 is 2.19 bits per heavy atom. The Balaban J connectivity index is 2.43. The van der Waals surface area contributed by atoms with Crippen LogP contribution < -0.4 is 16.4 Å². The number of amides is 3. The monoisotopic (exact) mass is 293 g/mol. The second kappa shape index (κ2) is 6.74. The van der Waals surface area contributed by atoms with Gasteiger partial charge in [0.15, 0.2) is 0 Å². The van der Waals surface area contributed by atoms with E-state index < -0.39 is 23.5 Å². The highest BCUT2D eigenvalue weighted by Crippen LogP contribution is 2.09. The molecule has 0 spiro atoms. The Morgan fingerprint density at radius 1 is 1.14 bits per heavy atom. The van der Waals surface area contributed by atoms with Crippen LogP contribution in [0, 0.1) is 0 Å². The summed E-state index contributed by atoms with van der Waals surface area (Å²) in [6.45, 7) is 4.97. The zero-order valence-corrected chi connectivity index (χ0v) is 12.2. The van der Waals surface area contributed by atoms with E-state index in [1.165, 1.54) is 12.1 Å². The van der Waals surface area contributed by atoms with Crippen LogP contribution in [0.15, 0.2) is 24.3 Å². The number of benzene rings is 1. The van der Waals surface area contributed by atoms with Gasteiger partial charge in [0.1, 0.15) is 12.1 Å². The van der Waals surface area contributed by atoms with Crippen LogP contribution in [-0.4, -0.2) is 30.1 Å². The van der Waals surface area contributed by atoms with Crippen molar-refractivity contribution in [2.45, 2.75) is 26.4 Å². The van der Waals surface area contributed by atoms with Crippen LogP contribution in [0.5, 0.6) is 0 Å². The average Bonchev–Trinajstić information content (AvgIpc) is 2.35. The summed E-state index contributed by atoms with van der Waals surface area (Å²) in [6, 6.07) is 6.09. The van der Waals surface area contributed by atoms with Crippen LogP contribution in [0.1, 0.15) is 31.1 Å². The van der Waals surface area contributed by atoms with Gasteiger partial charge in [-0.15, -0.1) is 0 Å². The summed E-state index contributed by atoms with van der Waals surface area (Å²) in [6.07, 6.45) is -0.665. The molecule has 0 aromatic heterocycles. The number of nitrogens with one attached hydrogen (secondary N) is 2. The van der Waals surface area contributed by atoms with Crippen molar-refractivity contribution in [3.63, 3.8) is 0 Å². The van der Waals surface area contributed by atoms with Crippen molar-refractivity contribution in [1.29, 1.82) is 0 Å². The molecule has 7 heteroatoms. The Morgan fingerprint density at radius 2 is 1.71 bits per heavy atom. The summed E-state index contributed by atoms with van der Waals surface area (Å²) in [5.41, 5.74) is 5.33. The second-order valence-electron chi connectivity index (χ2n) is 5.35. The highest BCUT2D eigenvalue weighted by atomic mass is 16.6. The summed E-state index contributed by atoms with van der Waals surface area (Å²) in [7, 11) is 0. The third-order valence-electron chi connectivity index (χ3n) is 2.25. The van der Waals surface area contributed by atoms with Crippen molar-refractivity contribution in [2.75, 3.05) is 11.9 Å². The minimum Gasteiger partial charge on any atom is -0.444 e. The van der Waals surface area contributed by atoms with Crippen LogP contribution in [0.3, 0.4) is 0 Å². The molecule has 0 bridgehead atoms. The van der Waals surface area contributed by atoms with Gasteiger partial charge in [-0.25, -0.2) is 4.79 Å². The molecule has 0 aliphatic rings. The second-order valence-corrected chi connectivity index (χ2v) is 5.35. The first kappa shape index (κ1) is 16.5. The van der Waals surface area contributed by atoms with Crippen molar-refractivity contribution in [1.82, 2.24) is 5.32 Å². The van der Waals surface area contributed by atoms with Gasteiger partial charge < -0.3 is 21.1 Å². The lowest BCUT2D eigenvalue weighted by Gasteiger charge is -2.19. The minimum atomic E-state index is -0.665. The SMILES string of the molecule is CC(C)(C)OC(=O)NCC(=O)Nc1ccc(C(N)=O)cc1. The Hall–Kier alpha value is -2.57. The molecule has 0 radical (unpaired) electrons. The largest absolute Gasteiger partial charge is 0.444 e. The number of hydrogen-bond donors (Lipinski definition) is 3. The van der Waals surface area contributed by atoms with Gasteiger partial charge in [-0.2, -0.15) is 0 Å². The van der Waals surface area contributed by atoms with Crippen molar-refractivity contribution in [3.05, 3.63) is 29.8 Å². The molecule has 0 aliphatic heterocycles. The number of ether oxygens (including phenoxy) is 1. The highest BCUT2D eigenvalue weighted by Gasteiger charge is 2.16. The van der Waals surface area contributed by atoms with Crippen molar-refractivity contribution < 1.29 is 19.1 Å². The van der Waals surface area contributed by atoms with E-state index in [-0.39, 0.29) is 6.54 Å². The van der Waals surface area contributed by atoms with Gasteiger partial charge in [-0.1, -0.05) is 0 Å². The fourth-order valence-electron chi connectivity index (χ4n) is 1.39. The molecule has 3 amide bonds.